The van der Waals surface area contributed by atoms with Gasteiger partial charge >= 0.3 is 0 Å². The molecule has 0 amide bonds. The van der Waals surface area contributed by atoms with Gasteiger partial charge in [0.05, 0.1) is 7.11 Å². The van der Waals surface area contributed by atoms with E-state index in [-0.39, 0.29) is 6.04 Å². The number of hydrogen-bond donors (Lipinski definition) is 1. The summed E-state index contributed by atoms with van der Waals surface area (Å²) in [6.07, 6.45) is 1.09. The predicted octanol–water partition coefficient (Wildman–Crippen LogP) is 3.22. The average Bonchev–Trinajstić information content (AvgIpc) is 2.93. The lowest BCUT2D eigenvalue weighted by atomic mass is 10.1. The van der Waals surface area contributed by atoms with Crippen molar-refractivity contribution >= 4 is 11.8 Å². The van der Waals surface area contributed by atoms with Crippen LogP contribution in [0.4, 0.5) is 0 Å². The van der Waals surface area contributed by atoms with Gasteiger partial charge in [0, 0.05) is 18.7 Å². The molecule has 1 heterocycles. The van der Waals surface area contributed by atoms with Gasteiger partial charge in [0.1, 0.15) is 5.75 Å². The third-order valence-electron chi connectivity index (χ3n) is 3.02. The van der Waals surface area contributed by atoms with E-state index >= 15 is 0 Å². The molecule has 0 aliphatic heterocycles. The molecule has 1 N–H and O–H groups in total. The fourth-order valence-electron chi connectivity index (χ4n) is 1.94. The molecule has 1 aromatic carbocycles. The highest BCUT2D eigenvalue weighted by atomic mass is 32.2. The molecule has 0 spiro atoms. The van der Waals surface area contributed by atoms with Crippen LogP contribution in [-0.4, -0.2) is 29.6 Å². The molecular weight excluding hydrogens is 286 g/mol. The van der Waals surface area contributed by atoms with Gasteiger partial charge in [-0.05, 0) is 30.7 Å². The summed E-state index contributed by atoms with van der Waals surface area (Å²) in [5, 5.41) is 12.0. The first-order valence-electron chi connectivity index (χ1n) is 7.03. The van der Waals surface area contributed by atoms with Gasteiger partial charge in [-0.25, -0.2) is 0 Å². The molecule has 1 atom stereocenters. The minimum atomic E-state index is 0.220. The van der Waals surface area contributed by atoms with E-state index in [1.54, 1.807) is 25.8 Å². The monoisotopic (exact) mass is 307 g/mol. The maximum Gasteiger partial charge on any atom is 0.276 e. The van der Waals surface area contributed by atoms with Gasteiger partial charge in [-0.3, -0.25) is 0 Å². The van der Waals surface area contributed by atoms with Crippen LogP contribution in [0.2, 0.25) is 0 Å². The molecule has 6 heteroatoms. The van der Waals surface area contributed by atoms with E-state index in [1.165, 1.54) is 5.56 Å². The van der Waals surface area contributed by atoms with Crippen LogP contribution in [-0.2, 0) is 0 Å². The molecule has 0 aliphatic rings. The SMILES string of the molecule is CCCNC(CSc1nnc(C)o1)c1cccc(OC)c1. The van der Waals surface area contributed by atoms with E-state index < -0.39 is 0 Å². The van der Waals surface area contributed by atoms with Crippen LogP contribution in [0, 0.1) is 6.92 Å². The highest BCUT2D eigenvalue weighted by Gasteiger charge is 2.14. The summed E-state index contributed by atoms with van der Waals surface area (Å²) in [5.41, 5.74) is 1.20. The number of benzene rings is 1. The third kappa shape index (κ3) is 4.75. The maximum atomic E-state index is 5.41. The van der Waals surface area contributed by atoms with Crippen molar-refractivity contribution in [3.8, 4) is 5.75 Å². The van der Waals surface area contributed by atoms with E-state index in [0.29, 0.717) is 11.1 Å². The molecule has 0 saturated carbocycles. The fraction of sp³-hybridized carbons (Fsp3) is 0.467. The predicted molar refractivity (Wildman–Crippen MR) is 83.8 cm³/mol. The zero-order valence-corrected chi connectivity index (χ0v) is 13.4. The van der Waals surface area contributed by atoms with Crippen LogP contribution in [0.1, 0.15) is 30.8 Å². The molecular formula is C15H21N3O2S. The van der Waals surface area contributed by atoms with Gasteiger partial charge in [0.15, 0.2) is 0 Å². The first-order valence-corrected chi connectivity index (χ1v) is 8.01. The van der Waals surface area contributed by atoms with Crippen LogP contribution in [0.25, 0.3) is 0 Å². The second-order valence-electron chi connectivity index (χ2n) is 4.68. The first kappa shape index (κ1) is 15.9. The molecule has 114 valence electrons. The van der Waals surface area contributed by atoms with Crippen LogP contribution in [0.5, 0.6) is 5.75 Å². The lowest BCUT2D eigenvalue weighted by Gasteiger charge is -2.18. The summed E-state index contributed by atoms with van der Waals surface area (Å²) in [5.74, 6) is 2.29. The van der Waals surface area contributed by atoms with Crippen molar-refractivity contribution in [2.75, 3.05) is 19.4 Å². The summed E-state index contributed by atoms with van der Waals surface area (Å²) < 4.78 is 10.7. The Balaban J connectivity index is 2.05. The Morgan fingerprint density at radius 1 is 1.38 bits per heavy atom. The number of thioether (sulfide) groups is 1. The van der Waals surface area contributed by atoms with Crippen molar-refractivity contribution in [1.29, 1.82) is 0 Å². The first-order chi connectivity index (χ1) is 10.2. The molecule has 5 nitrogen and oxygen atoms in total. The molecule has 0 radical (unpaired) electrons. The Morgan fingerprint density at radius 3 is 2.90 bits per heavy atom. The van der Waals surface area contributed by atoms with Crippen LogP contribution < -0.4 is 10.1 Å². The Hall–Kier alpha value is -1.53. The van der Waals surface area contributed by atoms with Gasteiger partial charge in [-0.15, -0.1) is 10.2 Å². The second-order valence-corrected chi connectivity index (χ2v) is 5.65. The number of aromatic nitrogens is 2. The normalized spacial score (nSPS) is 12.3. The number of aryl methyl sites for hydroxylation is 1. The highest BCUT2D eigenvalue weighted by Crippen LogP contribution is 2.26. The van der Waals surface area contributed by atoms with Gasteiger partial charge in [-0.1, -0.05) is 30.8 Å². The molecule has 0 saturated heterocycles. The molecule has 0 aliphatic carbocycles. The number of nitrogens with zero attached hydrogens (tertiary/aromatic N) is 2. The van der Waals surface area contributed by atoms with Gasteiger partial charge in [0.2, 0.25) is 5.89 Å². The number of nitrogens with one attached hydrogen (secondary N) is 1. The number of rotatable bonds is 8. The lowest BCUT2D eigenvalue weighted by Crippen LogP contribution is -2.24. The standard InChI is InChI=1S/C15H21N3O2S/c1-4-8-16-14(10-21-15-18-17-11(2)20-15)12-6-5-7-13(9-12)19-3/h5-7,9,14,16H,4,8,10H2,1-3H3. The van der Waals surface area contributed by atoms with Gasteiger partial charge in [-0.2, -0.15) is 0 Å². The molecule has 0 fully saturated rings. The van der Waals surface area contributed by atoms with Gasteiger partial charge < -0.3 is 14.5 Å². The van der Waals surface area contributed by atoms with E-state index in [2.05, 4.69) is 34.6 Å². The largest absolute Gasteiger partial charge is 0.497 e. The number of methoxy groups -OCH3 is 1. The van der Waals surface area contributed by atoms with Crippen molar-refractivity contribution in [3.63, 3.8) is 0 Å². The maximum absolute atomic E-state index is 5.41. The summed E-state index contributed by atoms with van der Waals surface area (Å²) in [6.45, 7) is 4.92. The average molecular weight is 307 g/mol. The molecule has 21 heavy (non-hydrogen) atoms. The van der Waals surface area contributed by atoms with Crippen molar-refractivity contribution in [2.24, 2.45) is 0 Å². The summed E-state index contributed by atoms with van der Waals surface area (Å²) in [4.78, 5) is 0. The van der Waals surface area contributed by atoms with E-state index in [4.69, 9.17) is 9.15 Å². The summed E-state index contributed by atoms with van der Waals surface area (Å²) >= 11 is 1.56. The van der Waals surface area contributed by atoms with Crippen molar-refractivity contribution in [1.82, 2.24) is 15.5 Å². The van der Waals surface area contributed by atoms with E-state index in [1.807, 2.05) is 12.1 Å². The van der Waals surface area contributed by atoms with Crippen LogP contribution >= 0.6 is 11.8 Å². The topological polar surface area (TPSA) is 60.2 Å². The quantitative estimate of drug-likeness (QED) is 0.756. The van der Waals surface area contributed by atoms with Crippen molar-refractivity contribution < 1.29 is 9.15 Å². The molecule has 1 aromatic heterocycles. The Morgan fingerprint density at radius 2 is 2.24 bits per heavy atom. The van der Waals surface area contributed by atoms with Crippen LogP contribution in [0.3, 0.4) is 0 Å². The fourth-order valence-corrected chi connectivity index (χ4v) is 2.84. The second kappa shape index (κ2) is 8.05. The molecule has 2 rings (SSSR count). The smallest absolute Gasteiger partial charge is 0.276 e. The molecule has 0 bridgehead atoms. The van der Waals surface area contributed by atoms with E-state index in [0.717, 1.165) is 24.5 Å². The minimum Gasteiger partial charge on any atom is -0.497 e. The Kier molecular flexibility index (Phi) is 6.07. The molecule has 1 unspecified atom stereocenters. The third-order valence-corrected chi connectivity index (χ3v) is 3.93. The summed E-state index contributed by atoms with van der Waals surface area (Å²) in [6, 6.07) is 8.35. The van der Waals surface area contributed by atoms with Gasteiger partial charge in [0.25, 0.3) is 5.22 Å². The minimum absolute atomic E-state index is 0.220. The van der Waals surface area contributed by atoms with Crippen molar-refractivity contribution in [3.05, 3.63) is 35.7 Å². The zero-order valence-electron chi connectivity index (χ0n) is 12.6. The number of hydrogen-bond acceptors (Lipinski definition) is 6. The van der Waals surface area contributed by atoms with E-state index in [9.17, 15) is 0 Å². The molecule has 2 aromatic rings. The zero-order chi connectivity index (χ0) is 15.1. The Labute approximate surface area is 129 Å². The lowest BCUT2D eigenvalue weighted by molar-refractivity contribution is 0.413. The summed E-state index contributed by atoms with van der Waals surface area (Å²) in [7, 11) is 1.68. The van der Waals surface area contributed by atoms with Crippen molar-refractivity contribution in [2.45, 2.75) is 31.5 Å². The Bertz CT molecular complexity index is 559. The highest BCUT2D eigenvalue weighted by molar-refractivity contribution is 7.99. The number of ether oxygens (including phenoxy) is 1. The van der Waals surface area contributed by atoms with Crippen LogP contribution in [0.15, 0.2) is 33.9 Å².